The monoisotopic (exact) mass is 219 g/mol. The highest BCUT2D eigenvalue weighted by molar-refractivity contribution is 5.34. The molecule has 0 aliphatic carbocycles. The number of nitrogens with two attached hydrogens (primary N) is 1. The van der Waals surface area contributed by atoms with Gasteiger partial charge in [0, 0.05) is 0 Å². The minimum Gasteiger partial charge on any atom is -0.434 e. The third-order valence-electron chi connectivity index (χ3n) is 2.00. The van der Waals surface area contributed by atoms with Crippen LogP contribution in [0.1, 0.15) is 5.56 Å². The van der Waals surface area contributed by atoms with E-state index in [0.717, 1.165) is 0 Å². The van der Waals surface area contributed by atoms with Crippen molar-refractivity contribution in [1.82, 2.24) is 9.97 Å². The van der Waals surface area contributed by atoms with Crippen LogP contribution in [-0.4, -0.2) is 9.97 Å². The Kier molecular flexibility index (Phi) is 2.68. The molecular formula is C11H10FN3O. The first-order chi connectivity index (χ1) is 7.66. The maximum absolute atomic E-state index is 13.6. The van der Waals surface area contributed by atoms with Crippen molar-refractivity contribution in [3.05, 3.63) is 42.0 Å². The molecule has 0 fully saturated rings. The topological polar surface area (TPSA) is 61.0 Å². The minimum atomic E-state index is -0.410. The van der Waals surface area contributed by atoms with Crippen molar-refractivity contribution in [2.45, 2.75) is 6.92 Å². The Hall–Kier alpha value is -2.17. The van der Waals surface area contributed by atoms with Crippen molar-refractivity contribution < 1.29 is 9.13 Å². The van der Waals surface area contributed by atoms with E-state index in [1.807, 2.05) is 0 Å². The summed E-state index contributed by atoms with van der Waals surface area (Å²) in [4.78, 5) is 7.66. The van der Waals surface area contributed by atoms with Gasteiger partial charge in [-0.3, -0.25) is 4.98 Å². The van der Waals surface area contributed by atoms with Gasteiger partial charge in [-0.15, -0.1) is 0 Å². The number of aromatic nitrogens is 2. The average molecular weight is 219 g/mol. The molecule has 1 aromatic heterocycles. The van der Waals surface area contributed by atoms with Crippen LogP contribution in [0.25, 0.3) is 0 Å². The molecule has 0 bridgehead atoms. The van der Waals surface area contributed by atoms with Gasteiger partial charge in [0.25, 0.3) is 0 Å². The molecule has 0 saturated heterocycles. The van der Waals surface area contributed by atoms with Crippen LogP contribution in [0.2, 0.25) is 0 Å². The van der Waals surface area contributed by atoms with Crippen LogP contribution in [-0.2, 0) is 0 Å². The first-order valence-corrected chi connectivity index (χ1v) is 4.67. The van der Waals surface area contributed by atoms with Crippen molar-refractivity contribution in [2.24, 2.45) is 0 Å². The van der Waals surface area contributed by atoms with Crippen LogP contribution in [0.4, 0.5) is 10.2 Å². The molecule has 2 N–H and O–H groups in total. The summed E-state index contributed by atoms with van der Waals surface area (Å²) in [5.74, 6) is 0.0988. The molecule has 0 atom stereocenters. The second kappa shape index (κ2) is 4.14. The molecule has 1 heterocycles. The van der Waals surface area contributed by atoms with Crippen LogP contribution in [0, 0.1) is 12.7 Å². The summed E-state index contributed by atoms with van der Waals surface area (Å²) < 4.78 is 18.8. The van der Waals surface area contributed by atoms with Crippen molar-refractivity contribution in [3.8, 4) is 11.6 Å². The minimum absolute atomic E-state index is 0.111. The lowest BCUT2D eigenvalue weighted by atomic mass is 10.2. The molecule has 0 amide bonds. The van der Waals surface area contributed by atoms with Gasteiger partial charge >= 0.3 is 0 Å². The van der Waals surface area contributed by atoms with Gasteiger partial charge in [-0.2, -0.15) is 4.98 Å². The zero-order chi connectivity index (χ0) is 11.5. The first kappa shape index (κ1) is 10.4. The molecule has 1 aromatic carbocycles. The molecule has 2 aromatic rings. The molecule has 0 spiro atoms. The summed E-state index contributed by atoms with van der Waals surface area (Å²) in [6.45, 7) is 1.66. The summed E-state index contributed by atoms with van der Waals surface area (Å²) in [7, 11) is 0. The van der Waals surface area contributed by atoms with Gasteiger partial charge in [-0.1, -0.05) is 12.1 Å². The number of nitrogens with zero attached hydrogens (tertiary/aromatic N) is 2. The largest absolute Gasteiger partial charge is 0.434 e. The summed E-state index contributed by atoms with van der Waals surface area (Å²) in [5.41, 5.74) is 5.94. The molecule has 0 saturated carbocycles. The van der Waals surface area contributed by atoms with E-state index in [1.54, 1.807) is 19.1 Å². The van der Waals surface area contributed by atoms with Gasteiger partial charge in [-0.25, -0.2) is 4.39 Å². The van der Waals surface area contributed by atoms with E-state index in [1.165, 1.54) is 18.5 Å². The SMILES string of the molecule is Cc1cccc(Oc2cncc(N)n2)c1F. The van der Waals surface area contributed by atoms with E-state index in [2.05, 4.69) is 9.97 Å². The third-order valence-corrected chi connectivity index (χ3v) is 2.00. The molecule has 4 nitrogen and oxygen atoms in total. The number of nitrogen functional groups attached to an aromatic ring is 1. The fourth-order valence-electron chi connectivity index (χ4n) is 1.22. The Morgan fingerprint density at radius 3 is 2.88 bits per heavy atom. The van der Waals surface area contributed by atoms with Crippen LogP contribution < -0.4 is 10.5 Å². The number of benzene rings is 1. The number of rotatable bonds is 2. The molecule has 0 aliphatic heterocycles. The fraction of sp³-hybridized carbons (Fsp3) is 0.0909. The van der Waals surface area contributed by atoms with Crippen molar-refractivity contribution in [2.75, 3.05) is 5.73 Å². The Labute approximate surface area is 91.9 Å². The molecular weight excluding hydrogens is 209 g/mol. The predicted octanol–water partition coefficient (Wildman–Crippen LogP) is 2.30. The number of hydrogen-bond acceptors (Lipinski definition) is 4. The lowest BCUT2D eigenvalue weighted by Crippen LogP contribution is -1.96. The molecule has 0 radical (unpaired) electrons. The number of ether oxygens (including phenoxy) is 1. The average Bonchev–Trinajstić information content (AvgIpc) is 2.25. The Morgan fingerprint density at radius 1 is 1.31 bits per heavy atom. The molecule has 0 aliphatic rings. The normalized spacial score (nSPS) is 10.1. The summed E-state index contributed by atoms with van der Waals surface area (Å²) in [6.07, 6.45) is 2.76. The second-order valence-electron chi connectivity index (χ2n) is 3.27. The fourth-order valence-corrected chi connectivity index (χ4v) is 1.22. The van der Waals surface area contributed by atoms with E-state index in [9.17, 15) is 4.39 Å². The van der Waals surface area contributed by atoms with E-state index in [4.69, 9.17) is 10.5 Å². The predicted molar refractivity (Wildman–Crippen MR) is 57.7 cm³/mol. The maximum Gasteiger partial charge on any atom is 0.239 e. The van der Waals surface area contributed by atoms with Gasteiger partial charge in [-0.05, 0) is 18.6 Å². The Balaban J connectivity index is 2.31. The smallest absolute Gasteiger partial charge is 0.239 e. The Bertz CT molecular complexity index is 516. The van der Waals surface area contributed by atoms with Gasteiger partial charge in [0.05, 0.1) is 12.4 Å². The summed E-state index contributed by atoms with van der Waals surface area (Å²) >= 11 is 0. The molecule has 2 rings (SSSR count). The van der Waals surface area contributed by atoms with E-state index < -0.39 is 5.82 Å². The third kappa shape index (κ3) is 2.08. The van der Waals surface area contributed by atoms with Crippen molar-refractivity contribution in [1.29, 1.82) is 0 Å². The second-order valence-corrected chi connectivity index (χ2v) is 3.27. The van der Waals surface area contributed by atoms with Crippen molar-refractivity contribution >= 4 is 5.82 Å². The summed E-state index contributed by atoms with van der Waals surface area (Å²) in [5, 5.41) is 0. The highest BCUT2D eigenvalue weighted by atomic mass is 19.1. The van der Waals surface area contributed by atoms with Crippen LogP contribution in [0.5, 0.6) is 11.6 Å². The Morgan fingerprint density at radius 2 is 2.12 bits per heavy atom. The van der Waals surface area contributed by atoms with Gasteiger partial charge in [0.15, 0.2) is 11.6 Å². The number of halogens is 1. The summed E-state index contributed by atoms with van der Waals surface area (Å²) in [6, 6.07) is 4.88. The van der Waals surface area contributed by atoms with Crippen LogP contribution in [0.15, 0.2) is 30.6 Å². The van der Waals surface area contributed by atoms with E-state index >= 15 is 0 Å². The quantitative estimate of drug-likeness (QED) is 0.841. The molecule has 5 heteroatoms. The van der Waals surface area contributed by atoms with E-state index in [0.29, 0.717) is 5.56 Å². The van der Waals surface area contributed by atoms with Gasteiger partial charge < -0.3 is 10.5 Å². The molecule has 0 unspecified atom stereocenters. The highest BCUT2D eigenvalue weighted by Gasteiger charge is 2.07. The van der Waals surface area contributed by atoms with Gasteiger partial charge in [0.2, 0.25) is 5.88 Å². The maximum atomic E-state index is 13.6. The highest BCUT2D eigenvalue weighted by Crippen LogP contribution is 2.24. The zero-order valence-corrected chi connectivity index (χ0v) is 8.64. The molecule has 16 heavy (non-hydrogen) atoms. The van der Waals surface area contributed by atoms with Crippen LogP contribution in [0.3, 0.4) is 0 Å². The van der Waals surface area contributed by atoms with Crippen LogP contribution >= 0.6 is 0 Å². The van der Waals surface area contributed by atoms with Gasteiger partial charge in [0.1, 0.15) is 5.82 Å². The number of hydrogen-bond donors (Lipinski definition) is 1. The van der Waals surface area contributed by atoms with E-state index in [-0.39, 0.29) is 17.4 Å². The molecule has 82 valence electrons. The standard InChI is InChI=1S/C11H10FN3O/c1-7-3-2-4-8(11(7)12)16-10-6-14-5-9(13)15-10/h2-6H,1H3,(H2,13,15). The first-order valence-electron chi connectivity index (χ1n) is 4.67. The number of aryl methyl sites for hydroxylation is 1. The zero-order valence-electron chi connectivity index (χ0n) is 8.64. The number of anilines is 1. The van der Waals surface area contributed by atoms with Crippen molar-refractivity contribution in [3.63, 3.8) is 0 Å². The lowest BCUT2D eigenvalue weighted by Gasteiger charge is -2.06. The lowest BCUT2D eigenvalue weighted by molar-refractivity contribution is 0.424.